The van der Waals surface area contributed by atoms with E-state index in [2.05, 4.69) is 10.3 Å². The maximum Gasteiger partial charge on any atom is 0.336 e. The third-order valence-corrected chi connectivity index (χ3v) is 6.31. The Balaban J connectivity index is 1.63. The summed E-state index contributed by atoms with van der Waals surface area (Å²) in [6.07, 6.45) is 3.89. The van der Waals surface area contributed by atoms with Gasteiger partial charge in [0.05, 0.1) is 11.1 Å². The highest BCUT2D eigenvalue weighted by molar-refractivity contribution is 6.30. The van der Waals surface area contributed by atoms with Gasteiger partial charge in [-0.05, 0) is 59.2 Å². The highest BCUT2D eigenvalue weighted by Gasteiger charge is 2.25. The molecule has 0 unspecified atom stereocenters. The number of likely N-dealkylation sites (N-methyl/N-ethyl adjacent to an activating group) is 1. The van der Waals surface area contributed by atoms with Crippen LogP contribution in [0.25, 0.3) is 23.1 Å². The van der Waals surface area contributed by atoms with Crippen molar-refractivity contribution < 1.29 is 24.6 Å². The van der Waals surface area contributed by atoms with Crippen LogP contribution >= 0.6 is 11.6 Å². The molecule has 3 N–H and O–H groups in total. The Morgan fingerprint density at radius 2 is 1.59 bits per heavy atom. The molecule has 4 aromatic rings. The van der Waals surface area contributed by atoms with Crippen LogP contribution in [0.3, 0.4) is 0 Å². The number of carboxylic acids is 1. The van der Waals surface area contributed by atoms with E-state index in [4.69, 9.17) is 11.6 Å². The first kappa shape index (κ1) is 27.3. The van der Waals surface area contributed by atoms with Crippen molar-refractivity contribution in [3.05, 3.63) is 106 Å². The van der Waals surface area contributed by atoms with Gasteiger partial charge in [0, 0.05) is 30.9 Å². The highest BCUT2D eigenvalue weighted by atomic mass is 35.5. The second-order valence-electron chi connectivity index (χ2n) is 9.15. The van der Waals surface area contributed by atoms with Crippen molar-refractivity contribution >= 4 is 52.4 Å². The normalized spacial score (nSPS) is 11.9. The average molecular weight is 544 g/mol. The lowest BCUT2D eigenvalue weighted by molar-refractivity contribution is -0.130. The second-order valence-corrected chi connectivity index (χ2v) is 9.59. The van der Waals surface area contributed by atoms with Crippen LogP contribution in [-0.2, 0) is 11.2 Å². The summed E-state index contributed by atoms with van der Waals surface area (Å²) in [6, 6.07) is 19.0. The van der Waals surface area contributed by atoms with Crippen LogP contribution in [0, 0.1) is 0 Å². The molecule has 0 aliphatic carbocycles. The van der Waals surface area contributed by atoms with Crippen LogP contribution in [0.15, 0.2) is 72.8 Å². The first-order valence-corrected chi connectivity index (χ1v) is 12.4. The first-order chi connectivity index (χ1) is 18.6. The van der Waals surface area contributed by atoms with Gasteiger partial charge in [0.1, 0.15) is 17.5 Å². The maximum atomic E-state index is 13.2. The lowest BCUT2D eigenvalue weighted by Crippen LogP contribution is -2.47. The molecule has 9 heteroatoms. The molecule has 8 nitrogen and oxygen atoms in total. The molecule has 39 heavy (non-hydrogen) atoms. The van der Waals surface area contributed by atoms with Gasteiger partial charge in [-0.1, -0.05) is 54.1 Å². The molecule has 0 spiro atoms. The lowest BCUT2D eigenvalue weighted by atomic mass is 10.0. The summed E-state index contributed by atoms with van der Waals surface area (Å²) in [5.74, 6) is -2.14. The minimum Gasteiger partial charge on any atom is -0.508 e. The molecule has 4 rings (SSSR count). The maximum absolute atomic E-state index is 13.2. The Hall–Kier alpha value is -4.69. The number of aromatic carboxylic acids is 1. The number of amides is 2. The minimum absolute atomic E-state index is 0.0825. The molecule has 0 aliphatic heterocycles. The van der Waals surface area contributed by atoms with Crippen molar-refractivity contribution in [1.82, 2.24) is 15.2 Å². The van der Waals surface area contributed by atoms with Crippen molar-refractivity contribution in [2.75, 3.05) is 14.1 Å². The summed E-state index contributed by atoms with van der Waals surface area (Å²) in [5.41, 5.74) is 2.54. The number of halogens is 1. The largest absolute Gasteiger partial charge is 0.508 e. The van der Waals surface area contributed by atoms with Gasteiger partial charge in [-0.2, -0.15) is 0 Å². The molecule has 0 saturated heterocycles. The van der Waals surface area contributed by atoms with Gasteiger partial charge in [0.2, 0.25) is 5.91 Å². The van der Waals surface area contributed by atoms with Gasteiger partial charge in [0.25, 0.3) is 5.91 Å². The minimum atomic E-state index is -1.21. The number of phenolic OH excluding ortho intramolecular Hbond substituents is 1. The quantitative estimate of drug-likeness (QED) is 0.272. The van der Waals surface area contributed by atoms with E-state index in [0.717, 1.165) is 16.7 Å². The number of nitrogens with one attached hydrogen (secondary N) is 1. The van der Waals surface area contributed by atoms with Crippen LogP contribution < -0.4 is 5.32 Å². The number of fused-ring (bicyclic) bond motifs is 1. The number of benzene rings is 3. The number of carbonyl (C=O) groups excluding carboxylic acids is 2. The molecular formula is C30H26ClN3O5. The van der Waals surface area contributed by atoms with E-state index in [1.807, 2.05) is 24.3 Å². The predicted molar refractivity (Wildman–Crippen MR) is 151 cm³/mol. The number of hydrogen-bond acceptors (Lipinski definition) is 5. The topological polar surface area (TPSA) is 120 Å². The van der Waals surface area contributed by atoms with Crippen LogP contribution in [0.5, 0.6) is 5.75 Å². The van der Waals surface area contributed by atoms with Crippen LogP contribution in [0.1, 0.15) is 37.5 Å². The van der Waals surface area contributed by atoms with E-state index in [9.17, 15) is 24.6 Å². The van der Waals surface area contributed by atoms with E-state index in [-0.39, 0.29) is 29.3 Å². The fraction of sp³-hybridized carbons (Fsp3) is 0.133. The zero-order chi connectivity index (χ0) is 28.1. The van der Waals surface area contributed by atoms with E-state index < -0.39 is 17.9 Å². The Labute approximate surface area is 230 Å². The van der Waals surface area contributed by atoms with E-state index in [1.165, 1.54) is 23.1 Å². The summed E-state index contributed by atoms with van der Waals surface area (Å²) < 4.78 is 0. The Kier molecular flexibility index (Phi) is 8.27. The lowest BCUT2D eigenvalue weighted by Gasteiger charge is -2.22. The Bertz CT molecular complexity index is 1560. The zero-order valence-corrected chi connectivity index (χ0v) is 22.0. The summed E-state index contributed by atoms with van der Waals surface area (Å²) in [7, 11) is 3.15. The van der Waals surface area contributed by atoms with Crippen molar-refractivity contribution in [2.45, 2.75) is 12.5 Å². The van der Waals surface area contributed by atoms with Gasteiger partial charge in [0.15, 0.2) is 0 Å². The zero-order valence-electron chi connectivity index (χ0n) is 21.3. The fourth-order valence-corrected chi connectivity index (χ4v) is 4.14. The molecule has 1 heterocycles. The number of pyridine rings is 1. The summed E-state index contributed by atoms with van der Waals surface area (Å²) in [5, 5.41) is 23.1. The predicted octanol–water partition coefficient (Wildman–Crippen LogP) is 4.89. The standard InChI is InChI=1S/C30H26ClN3O5/c1-34(2)29(37)27(16-20-7-12-22(35)13-8-20)33-28(36)26-17-24(30(38)39)23-15-19(9-14-25(23)32-26)4-3-18-5-10-21(31)11-6-18/h3-15,17,27,35H,16H2,1-2H3,(H,33,36)(H,38,39)/t27-/m0/s1. The van der Waals surface area contributed by atoms with E-state index in [1.54, 1.807) is 56.6 Å². The summed E-state index contributed by atoms with van der Waals surface area (Å²) >= 11 is 5.93. The van der Waals surface area contributed by atoms with Crippen molar-refractivity contribution in [3.63, 3.8) is 0 Å². The Morgan fingerprint density at radius 1 is 0.949 bits per heavy atom. The molecule has 0 fully saturated rings. The number of carboxylic acid groups (broad SMARTS) is 1. The van der Waals surface area contributed by atoms with E-state index >= 15 is 0 Å². The SMILES string of the molecule is CN(C)C(=O)[C@H](Cc1ccc(O)cc1)NC(=O)c1cc(C(=O)O)c2cc(C=Cc3ccc(Cl)cc3)ccc2n1. The van der Waals surface area contributed by atoms with Crippen LogP contribution in [0.4, 0.5) is 0 Å². The highest BCUT2D eigenvalue weighted by Crippen LogP contribution is 2.23. The molecule has 0 bridgehead atoms. The van der Waals surface area contributed by atoms with Crippen LogP contribution in [-0.4, -0.2) is 58.0 Å². The molecule has 2 amide bonds. The van der Waals surface area contributed by atoms with E-state index in [0.29, 0.717) is 15.9 Å². The number of hydrogen-bond donors (Lipinski definition) is 3. The van der Waals surface area contributed by atoms with Crippen molar-refractivity contribution in [1.29, 1.82) is 0 Å². The van der Waals surface area contributed by atoms with Crippen molar-refractivity contribution in [3.8, 4) is 5.75 Å². The van der Waals surface area contributed by atoms with Gasteiger partial charge in [-0.3, -0.25) is 9.59 Å². The summed E-state index contributed by atoms with van der Waals surface area (Å²) in [6.45, 7) is 0. The number of nitrogens with zero attached hydrogens (tertiary/aromatic N) is 2. The molecule has 0 aliphatic rings. The molecule has 198 valence electrons. The number of aromatic nitrogens is 1. The number of aromatic hydroxyl groups is 1. The second kappa shape index (κ2) is 11.8. The molecule has 3 aromatic carbocycles. The van der Waals surface area contributed by atoms with Gasteiger partial charge >= 0.3 is 5.97 Å². The first-order valence-electron chi connectivity index (χ1n) is 12.0. The summed E-state index contributed by atoms with van der Waals surface area (Å²) in [4.78, 5) is 43.9. The molecule has 1 aromatic heterocycles. The smallest absolute Gasteiger partial charge is 0.336 e. The number of phenols is 1. The molecule has 0 saturated carbocycles. The average Bonchev–Trinajstić information content (AvgIpc) is 2.92. The molecule has 0 radical (unpaired) electrons. The van der Waals surface area contributed by atoms with Crippen molar-refractivity contribution in [2.24, 2.45) is 0 Å². The number of rotatable bonds is 8. The van der Waals surface area contributed by atoms with Gasteiger partial charge < -0.3 is 20.4 Å². The van der Waals surface area contributed by atoms with Crippen LogP contribution in [0.2, 0.25) is 5.02 Å². The molecule has 1 atom stereocenters. The third kappa shape index (κ3) is 6.80. The van der Waals surface area contributed by atoms with Gasteiger partial charge in [-0.15, -0.1) is 0 Å². The number of carbonyl (C=O) groups is 3. The Morgan fingerprint density at radius 3 is 2.23 bits per heavy atom. The van der Waals surface area contributed by atoms with Gasteiger partial charge in [-0.25, -0.2) is 9.78 Å². The molecular weight excluding hydrogens is 518 g/mol. The third-order valence-electron chi connectivity index (χ3n) is 6.05. The monoisotopic (exact) mass is 543 g/mol. The fourth-order valence-electron chi connectivity index (χ4n) is 4.02.